The van der Waals surface area contributed by atoms with Crippen LogP contribution in [0.4, 0.5) is 4.39 Å². The predicted octanol–water partition coefficient (Wildman–Crippen LogP) is 2.70. The van der Waals surface area contributed by atoms with Gasteiger partial charge in [-0.3, -0.25) is 0 Å². The van der Waals surface area contributed by atoms with Crippen LogP contribution in [0.5, 0.6) is 0 Å². The van der Waals surface area contributed by atoms with Crippen LogP contribution in [0.15, 0.2) is 18.2 Å². The molecule has 2 nitrogen and oxygen atoms in total. The van der Waals surface area contributed by atoms with Gasteiger partial charge in [0.25, 0.3) is 0 Å². The van der Waals surface area contributed by atoms with E-state index >= 15 is 0 Å². The fraction of sp³-hybridized carbons (Fsp3) is 0.429. The molecule has 1 fully saturated rings. The Hall–Kier alpha value is -1.35. The summed E-state index contributed by atoms with van der Waals surface area (Å²) in [6.07, 6.45) is 1.17. The van der Waals surface area contributed by atoms with Crippen LogP contribution in [-0.2, 0) is 7.05 Å². The maximum absolute atomic E-state index is 13.3. The number of hydrogen-bond acceptors (Lipinski definition) is 1. The minimum atomic E-state index is -0.151. The molecule has 0 amide bonds. The summed E-state index contributed by atoms with van der Waals surface area (Å²) in [5.74, 6) is 0.415. The van der Waals surface area contributed by atoms with Gasteiger partial charge in [-0.1, -0.05) is 0 Å². The first kappa shape index (κ1) is 10.8. The van der Waals surface area contributed by atoms with Gasteiger partial charge < -0.3 is 9.88 Å². The number of aromatic nitrogens is 1. The van der Waals surface area contributed by atoms with Crippen LogP contribution in [0.3, 0.4) is 0 Å². The van der Waals surface area contributed by atoms with Crippen LogP contribution in [0, 0.1) is 12.7 Å². The zero-order valence-electron chi connectivity index (χ0n) is 10.3. The van der Waals surface area contributed by atoms with Crippen LogP contribution in [-0.4, -0.2) is 17.7 Å². The van der Waals surface area contributed by atoms with Crippen molar-refractivity contribution in [2.75, 3.05) is 13.1 Å². The molecule has 1 unspecified atom stereocenters. The van der Waals surface area contributed by atoms with Crippen LogP contribution < -0.4 is 5.32 Å². The molecule has 0 bridgehead atoms. The molecule has 1 N–H and O–H groups in total. The van der Waals surface area contributed by atoms with Crippen molar-refractivity contribution in [1.29, 1.82) is 0 Å². The minimum Gasteiger partial charge on any atom is -0.347 e. The van der Waals surface area contributed by atoms with Gasteiger partial charge in [-0.05, 0) is 43.7 Å². The van der Waals surface area contributed by atoms with Gasteiger partial charge in [-0.15, -0.1) is 0 Å². The van der Waals surface area contributed by atoms with Crippen molar-refractivity contribution in [3.8, 4) is 0 Å². The van der Waals surface area contributed by atoms with E-state index in [1.807, 2.05) is 6.07 Å². The van der Waals surface area contributed by atoms with E-state index < -0.39 is 0 Å². The standard InChI is InChI=1S/C14H17FN2/c1-9-12-7-11(15)3-4-13(12)17(2)14(9)10-5-6-16-8-10/h3-4,7,10,16H,5-6,8H2,1-2H3. The van der Waals surface area contributed by atoms with Crippen LogP contribution in [0.25, 0.3) is 10.9 Å². The number of fused-ring (bicyclic) bond motifs is 1. The molecule has 1 aromatic heterocycles. The zero-order chi connectivity index (χ0) is 12.0. The molecular formula is C14H17FN2. The maximum atomic E-state index is 13.3. The van der Waals surface area contributed by atoms with Crippen molar-refractivity contribution in [2.45, 2.75) is 19.3 Å². The van der Waals surface area contributed by atoms with E-state index in [1.54, 1.807) is 12.1 Å². The smallest absolute Gasteiger partial charge is 0.123 e. The van der Waals surface area contributed by atoms with Gasteiger partial charge in [0.15, 0.2) is 0 Å². The highest BCUT2D eigenvalue weighted by Crippen LogP contribution is 2.32. The number of rotatable bonds is 1. The van der Waals surface area contributed by atoms with E-state index in [-0.39, 0.29) is 5.82 Å². The van der Waals surface area contributed by atoms with E-state index in [0.717, 1.165) is 24.0 Å². The molecule has 0 spiro atoms. The summed E-state index contributed by atoms with van der Waals surface area (Å²) in [4.78, 5) is 0. The fourth-order valence-corrected chi connectivity index (χ4v) is 3.09. The summed E-state index contributed by atoms with van der Waals surface area (Å²) in [5.41, 5.74) is 3.72. The molecule has 1 aliphatic rings. The second-order valence-corrected chi connectivity index (χ2v) is 4.92. The average Bonchev–Trinajstić information content (AvgIpc) is 2.88. The average molecular weight is 232 g/mol. The zero-order valence-corrected chi connectivity index (χ0v) is 10.3. The number of nitrogens with one attached hydrogen (secondary N) is 1. The van der Waals surface area contributed by atoms with Crippen molar-refractivity contribution in [1.82, 2.24) is 9.88 Å². The lowest BCUT2D eigenvalue weighted by molar-refractivity contribution is 0.629. The second kappa shape index (κ2) is 3.84. The van der Waals surface area contributed by atoms with Gasteiger partial charge in [-0.25, -0.2) is 4.39 Å². The molecule has 17 heavy (non-hydrogen) atoms. The lowest BCUT2D eigenvalue weighted by Gasteiger charge is -2.12. The third-order valence-electron chi connectivity index (χ3n) is 3.92. The molecule has 1 saturated heterocycles. The van der Waals surface area contributed by atoms with Gasteiger partial charge in [0, 0.05) is 36.1 Å². The highest BCUT2D eigenvalue weighted by atomic mass is 19.1. The second-order valence-electron chi connectivity index (χ2n) is 4.92. The Morgan fingerprint density at radius 3 is 2.94 bits per heavy atom. The molecule has 1 aromatic carbocycles. The van der Waals surface area contributed by atoms with Gasteiger partial charge in [0.05, 0.1) is 0 Å². The molecule has 1 aliphatic heterocycles. The summed E-state index contributed by atoms with van der Waals surface area (Å²) >= 11 is 0. The van der Waals surface area contributed by atoms with Crippen LogP contribution >= 0.6 is 0 Å². The number of nitrogens with zero attached hydrogens (tertiary/aromatic N) is 1. The highest BCUT2D eigenvalue weighted by molar-refractivity contribution is 5.85. The normalized spacial score (nSPS) is 20.3. The molecule has 0 radical (unpaired) electrons. The Morgan fingerprint density at radius 2 is 2.24 bits per heavy atom. The molecule has 1 atom stereocenters. The van der Waals surface area contributed by atoms with E-state index in [0.29, 0.717) is 5.92 Å². The van der Waals surface area contributed by atoms with Gasteiger partial charge >= 0.3 is 0 Å². The number of aryl methyl sites for hydroxylation is 2. The van der Waals surface area contributed by atoms with Crippen molar-refractivity contribution in [3.63, 3.8) is 0 Å². The topological polar surface area (TPSA) is 17.0 Å². The van der Waals surface area contributed by atoms with Crippen molar-refractivity contribution >= 4 is 10.9 Å². The molecule has 90 valence electrons. The predicted molar refractivity (Wildman–Crippen MR) is 67.8 cm³/mol. The lowest BCUT2D eigenvalue weighted by Crippen LogP contribution is -2.11. The first-order chi connectivity index (χ1) is 8.18. The SMILES string of the molecule is Cc1c(C2CCNC2)n(C)c2ccc(F)cc12. The number of benzene rings is 1. The Bertz CT molecular complexity index is 565. The molecule has 3 heteroatoms. The van der Waals surface area contributed by atoms with E-state index in [9.17, 15) is 4.39 Å². The first-order valence-electron chi connectivity index (χ1n) is 6.13. The number of hydrogen-bond donors (Lipinski definition) is 1. The third-order valence-corrected chi connectivity index (χ3v) is 3.92. The molecule has 0 aliphatic carbocycles. The molecule has 3 rings (SSSR count). The van der Waals surface area contributed by atoms with Crippen molar-refractivity contribution < 1.29 is 4.39 Å². The van der Waals surface area contributed by atoms with Gasteiger partial charge in [0.2, 0.25) is 0 Å². The van der Waals surface area contributed by atoms with E-state index in [2.05, 4.69) is 23.9 Å². The minimum absolute atomic E-state index is 0.151. The Kier molecular flexibility index (Phi) is 2.44. The van der Waals surface area contributed by atoms with Gasteiger partial charge in [-0.2, -0.15) is 0 Å². The lowest BCUT2D eigenvalue weighted by atomic mass is 10.0. The van der Waals surface area contributed by atoms with Crippen molar-refractivity contribution in [2.24, 2.45) is 7.05 Å². The fourth-order valence-electron chi connectivity index (χ4n) is 3.09. The van der Waals surface area contributed by atoms with E-state index in [1.165, 1.54) is 17.7 Å². The van der Waals surface area contributed by atoms with Crippen LogP contribution in [0.2, 0.25) is 0 Å². The Balaban J connectivity index is 2.24. The molecule has 2 aromatic rings. The van der Waals surface area contributed by atoms with E-state index in [4.69, 9.17) is 0 Å². The van der Waals surface area contributed by atoms with Crippen molar-refractivity contribution in [3.05, 3.63) is 35.3 Å². The quantitative estimate of drug-likeness (QED) is 0.800. The summed E-state index contributed by atoms with van der Waals surface area (Å²) in [5, 5.41) is 4.44. The summed E-state index contributed by atoms with van der Waals surface area (Å²) in [6, 6.07) is 5.07. The third kappa shape index (κ3) is 1.57. The summed E-state index contributed by atoms with van der Waals surface area (Å²) in [7, 11) is 2.08. The molecular weight excluding hydrogens is 215 g/mol. The monoisotopic (exact) mass is 232 g/mol. The largest absolute Gasteiger partial charge is 0.347 e. The number of halogens is 1. The summed E-state index contributed by atoms with van der Waals surface area (Å²) < 4.78 is 15.5. The Labute approximate surface area is 100 Å². The molecule has 0 saturated carbocycles. The first-order valence-corrected chi connectivity index (χ1v) is 6.13. The van der Waals surface area contributed by atoms with Gasteiger partial charge in [0.1, 0.15) is 5.82 Å². The summed E-state index contributed by atoms with van der Waals surface area (Å²) in [6.45, 7) is 4.23. The maximum Gasteiger partial charge on any atom is 0.123 e. The van der Waals surface area contributed by atoms with Crippen LogP contribution in [0.1, 0.15) is 23.6 Å². The highest BCUT2D eigenvalue weighted by Gasteiger charge is 2.23. The Morgan fingerprint density at radius 1 is 1.41 bits per heavy atom. The molecule has 2 heterocycles.